The zero-order chi connectivity index (χ0) is 20.1. The number of rotatable bonds is 5. The predicted octanol–water partition coefficient (Wildman–Crippen LogP) is 3.55. The highest BCUT2D eigenvalue weighted by molar-refractivity contribution is 5.97. The van der Waals surface area contributed by atoms with Crippen LogP contribution in [0.5, 0.6) is 5.75 Å². The zero-order valence-electron chi connectivity index (χ0n) is 15.0. The first kappa shape index (κ1) is 17.9. The Morgan fingerprint density at radius 2 is 1.86 bits per heavy atom. The SMILES string of the molecule is N#CC(=CNc1ccccc1C(=O)Oc1ccc2ccccc2c1)c1nn[nH]n1. The van der Waals surface area contributed by atoms with Crippen LogP contribution >= 0.6 is 0 Å². The second kappa shape index (κ2) is 8.02. The summed E-state index contributed by atoms with van der Waals surface area (Å²) >= 11 is 0. The fraction of sp³-hybridized carbons (Fsp3) is 0. The van der Waals surface area contributed by atoms with Gasteiger partial charge < -0.3 is 10.1 Å². The van der Waals surface area contributed by atoms with Crippen LogP contribution in [0.1, 0.15) is 16.2 Å². The highest BCUT2D eigenvalue weighted by atomic mass is 16.5. The standard InChI is InChI=1S/C21H14N6O2/c22-12-16(20-24-26-27-25-20)13-23-19-8-4-3-7-18(19)21(28)29-17-10-9-14-5-1-2-6-15(14)11-17/h1-11,13,23H,(H,24,25,26,27). The fourth-order valence-electron chi connectivity index (χ4n) is 2.75. The lowest BCUT2D eigenvalue weighted by atomic mass is 10.1. The van der Waals surface area contributed by atoms with Crippen molar-refractivity contribution in [3.63, 3.8) is 0 Å². The fourth-order valence-corrected chi connectivity index (χ4v) is 2.75. The van der Waals surface area contributed by atoms with Gasteiger partial charge in [0.25, 0.3) is 0 Å². The summed E-state index contributed by atoms with van der Waals surface area (Å²) < 4.78 is 5.55. The molecule has 0 fully saturated rings. The molecule has 1 heterocycles. The molecule has 1 aromatic heterocycles. The van der Waals surface area contributed by atoms with Crippen molar-refractivity contribution in [2.45, 2.75) is 0 Å². The number of nitrogens with zero attached hydrogens (tertiary/aromatic N) is 4. The van der Waals surface area contributed by atoms with E-state index in [1.54, 1.807) is 30.3 Å². The quantitative estimate of drug-likeness (QED) is 0.308. The third kappa shape index (κ3) is 3.94. The summed E-state index contributed by atoms with van der Waals surface area (Å²) in [4.78, 5) is 12.7. The summed E-state index contributed by atoms with van der Waals surface area (Å²) in [5, 5.41) is 27.5. The number of esters is 1. The van der Waals surface area contributed by atoms with E-state index in [0.717, 1.165) is 10.8 Å². The number of para-hydroxylation sites is 1. The van der Waals surface area contributed by atoms with E-state index in [9.17, 15) is 10.1 Å². The number of aromatic amines is 1. The molecule has 0 spiro atoms. The molecule has 0 aliphatic rings. The summed E-state index contributed by atoms with van der Waals surface area (Å²) in [5.41, 5.74) is 0.966. The number of fused-ring (bicyclic) bond motifs is 1. The van der Waals surface area contributed by atoms with Gasteiger partial charge in [-0.3, -0.25) is 0 Å². The third-order valence-electron chi connectivity index (χ3n) is 4.16. The molecule has 0 atom stereocenters. The van der Waals surface area contributed by atoms with Crippen molar-refractivity contribution in [3.8, 4) is 11.8 Å². The van der Waals surface area contributed by atoms with E-state index >= 15 is 0 Å². The molecule has 2 N–H and O–H groups in total. The molecule has 0 bridgehead atoms. The van der Waals surface area contributed by atoms with E-state index < -0.39 is 5.97 Å². The lowest BCUT2D eigenvalue weighted by Crippen LogP contribution is -2.11. The summed E-state index contributed by atoms with van der Waals surface area (Å²) in [7, 11) is 0. The number of tetrazole rings is 1. The van der Waals surface area contributed by atoms with E-state index in [1.165, 1.54) is 6.20 Å². The number of H-pyrrole nitrogens is 1. The molecular weight excluding hydrogens is 368 g/mol. The molecule has 0 saturated carbocycles. The number of allylic oxidation sites excluding steroid dienone is 1. The second-order valence-corrected chi connectivity index (χ2v) is 5.99. The van der Waals surface area contributed by atoms with Crippen molar-refractivity contribution in [2.75, 3.05) is 5.32 Å². The molecule has 4 aromatic rings. The predicted molar refractivity (Wildman–Crippen MR) is 107 cm³/mol. The summed E-state index contributed by atoms with van der Waals surface area (Å²) in [6.45, 7) is 0. The number of carbonyl (C=O) groups is 1. The normalized spacial score (nSPS) is 11.1. The third-order valence-corrected chi connectivity index (χ3v) is 4.16. The summed E-state index contributed by atoms with van der Waals surface area (Å²) in [6.07, 6.45) is 1.41. The monoisotopic (exact) mass is 382 g/mol. The Balaban J connectivity index is 1.57. The molecule has 29 heavy (non-hydrogen) atoms. The van der Waals surface area contributed by atoms with Crippen molar-refractivity contribution in [2.24, 2.45) is 0 Å². The van der Waals surface area contributed by atoms with Gasteiger partial charge in [-0.25, -0.2) is 4.79 Å². The molecule has 0 aliphatic carbocycles. The van der Waals surface area contributed by atoms with E-state index in [0.29, 0.717) is 17.0 Å². The van der Waals surface area contributed by atoms with E-state index in [2.05, 4.69) is 25.9 Å². The van der Waals surface area contributed by atoms with Crippen LogP contribution in [0.15, 0.2) is 72.9 Å². The van der Waals surface area contributed by atoms with Crippen molar-refractivity contribution >= 4 is 28.0 Å². The first-order valence-corrected chi connectivity index (χ1v) is 8.65. The largest absolute Gasteiger partial charge is 0.423 e. The van der Waals surface area contributed by atoms with Gasteiger partial charge in [0.15, 0.2) is 0 Å². The lowest BCUT2D eigenvalue weighted by molar-refractivity contribution is 0.0736. The van der Waals surface area contributed by atoms with Gasteiger partial charge in [-0.1, -0.05) is 42.5 Å². The van der Waals surface area contributed by atoms with Crippen LogP contribution in [0, 0.1) is 11.3 Å². The number of benzene rings is 3. The number of anilines is 1. The maximum Gasteiger partial charge on any atom is 0.345 e. The molecular formula is C21H14N6O2. The highest BCUT2D eigenvalue weighted by Crippen LogP contribution is 2.23. The Bertz CT molecular complexity index is 1240. The van der Waals surface area contributed by atoms with Crippen molar-refractivity contribution < 1.29 is 9.53 Å². The number of hydrogen-bond acceptors (Lipinski definition) is 7. The van der Waals surface area contributed by atoms with E-state index in [4.69, 9.17) is 4.74 Å². The van der Waals surface area contributed by atoms with Gasteiger partial charge in [-0.15, -0.1) is 10.2 Å². The summed E-state index contributed by atoms with van der Waals surface area (Å²) in [5.74, 6) is 0.0784. The molecule has 8 heteroatoms. The molecule has 0 saturated heterocycles. The van der Waals surface area contributed by atoms with E-state index in [-0.39, 0.29) is 11.4 Å². The Labute approximate surface area is 165 Å². The Morgan fingerprint density at radius 1 is 1.07 bits per heavy atom. The molecule has 0 unspecified atom stereocenters. The Morgan fingerprint density at radius 3 is 2.66 bits per heavy atom. The zero-order valence-corrected chi connectivity index (χ0v) is 15.0. The number of nitrogens with one attached hydrogen (secondary N) is 2. The van der Waals surface area contributed by atoms with Crippen LogP contribution < -0.4 is 10.1 Å². The van der Waals surface area contributed by atoms with Crippen LogP contribution in [0.3, 0.4) is 0 Å². The number of nitriles is 1. The molecule has 8 nitrogen and oxygen atoms in total. The number of carbonyl (C=O) groups excluding carboxylic acids is 1. The smallest absolute Gasteiger partial charge is 0.345 e. The van der Waals surface area contributed by atoms with Crippen LogP contribution in [0.4, 0.5) is 5.69 Å². The van der Waals surface area contributed by atoms with Crippen LogP contribution in [0.2, 0.25) is 0 Å². The highest BCUT2D eigenvalue weighted by Gasteiger charge is 2.14. The minimum atomic E-state index is -0.519. The average molecular weight is 382 g/mol. The van der Waals surface area contributed by atoms with Crippen LogP contribution in [-0.2, 0) is 0 Å². The number of aromatic nitrogens is 4. The van der Waals surface area contributed by atoms with Crippen molar-refractivity contribution in [1.82, 2.24) is 20.6 Å². The second-order valence-electron chi connectivity index (χ2n) is 5.99. The minimum Gasteiger partial charge on any atom is -0.423 e. The molecule has 0 aliphatic heterocycles. The van der Waals surface area contributed by atoms with Gasteiger partial charge in [0, 0.05) is 6.20 Å². The van der Waals surface area contributed by atoms with E-state index in [1.807, 2.05) is 42.5 Å². The molecule has 0 radical (unpaired) electrons. The maximum atomic E-state index is 12.7. The van der Waals surface area contributed by atoms with Gasteiger partial charge in [0.05, 0.1) is 11.3 Å². The molecule has 3 aromatic carbocycles. The number of ether oxygens (including phenoxy) is 1. The Hall–Kier alpha value is -4.51. The van der Waals surface area contributed by atoms with Gasteiger partial charge in [-0.2, -0.15) is 10.5 Å². The first-order valence-electron chi connectivity index (χ1n) is 8.65. The average Bonchev–Trinajstić information content (AvgIpc) is 3.29. The van der Waals surface area contributed by atoms with Gasteiger partial charge >= 0.3 is 5.97 Å². The van der Waals surface area contributed by atoms with Crippen molar-refractivity contribution in [3.05, 3.63) is 84.3 Å². The van der Waals surface area contributed by atoms with Gasteiger partial charge in [-0.05, 0) is 40.3 Å². The first-order chi connectivity index (χ1) is 14.2. The topological polar surface area (TPSA) is 117 Å². The molecule has 140 valence electrons. The minimum absolute atomic E-state index is 0.149. The van der Waals surface area contributed by atoms with Gasteiger partial charge in [0.2, 0.25) is 5.82 Å². The van der Waals surface area contributed by atoms with Crippen LogP contribution in [0.25, 0.3) is 16.3 Å². The molecule has 4 rings (SSSR count). The summed E-state index contributed by atoms with van der Waals surface area (Å²) in [6, 6.07) is 22.1. The lowest BCUT2D eigenvalue weighted by Gasteiger charge is -2.10. The molecule has 0 amide bonds. The van der Waals surface area contributed by atoms with Crippen LogP contribution in [-0.4, -0.2) is 26.6 Å². The van der Waals surface area contributed by atoms with Crippen molar-refractivity contribution in [1.29, 1.82) is 5.26 Å². The maximum absolute atomic E-state index is 12.7. The van der Waals surface area contributed by atoms with Gasteiger partial charge in [0.1, 0.15) is 17.4 Å². The number of hydrogen-bond donors (Lipinski definition) is 2. The Kier molecular flexibility index (Phi) is 4.95.